The molecule has 31 heavy (non-hydrogen) atoms. The van der Waals surface area contributed by atoms with E-state index in [1.165, 1.54) is 10.7 Å². The molecule has 4 rings (SSSR count). The van der Waals surface area contributed by atoms with E-state index in [9.17, 15) is 22.8 Å². The molecule has 168 valence electrons. The van der Waals surface area contributed by atoms with Gasteiger partial charge in [-0.15, -0.1) is 5.10 Å². The molecule has 0 N–H and O–H groups in total. The predicted molar refractivity (Wildman–Crippen MR) is 106 cm³/mol. The molecular formula is C20H25F3N6O2. The van der Waals surface area contributed by atoms with Gasteiger partial charge in [0.05, 0.1) is 17.8 Å². The minimum absolute atomic E-state index is 0.120. The van der Waals surface area contributed by atoms with E-state index >= 15 is 0 Å². The normalized spacial score (nSPS) is 21.3. The molecule has 1 amide bonds. The second-order valence-corrected chi connectivity index (χ2v) is 8.26. The molecule has 1 unspecified atom stereocenters. The van der Waals surface area contributed by atoms with Crippen LogP contribution in [0, 0.1) is 13.8 Å². The van der Waals surface area contributed by atoms with Gasteiger partial charge in [-0.05, 0) is 45.2 Å². The summed E-state index contributed by atoms with van der Waals surface area (Å²) in [4.78, 5) is 27.7. The molecule has 2 saturated heterocycles. The lowest BCUT2D eigenvalue weighted by molar-refractivity contribution is -0.159. The SMILES string of the molecule is Cc1cc(C)n(-c2ccc(=O)n(C3CCN(C4CCN(CC(F)(F)F)C4=O)CC3)n2)n1. The number of hydrogen-bond acceptors (Lipinski definition) is 5. The van der Waals surface area contributed by atoms with Gasteiger partial charge in [0.15, 0.2) is 5.82 Å². The standard InChI is InChI=1S/C20H25F3N6O2/c1-13-11-14(2)28(24-13)17-3-4-18(30)29(25-17)15-5-8-26(9-6-15)16-7-10-27(19(16)31)12-20(21,22)23/h3-4,11,15-16H,5-10,12H2,1-2H3. The molecule has 8 nitrogen and oxygen atoms in total. The highest BCUT2D eigenvalue weighted by molar-refractivity contribution is 5.84. The fourth-order valence-electron chi connectivity index (χ4n) is 4.53. The van der Waals surface area contributed by atoms with E-state index in [0.29, 0.717) is 38.2 Å². The van der Waals surface area contributed by atoms with Gasteiger partial charge in [0.1, 0.15) is 6.54 Å². The molecule has 2 aromatic heterocycles. The summed E-state index contributed by atoms with van der Waals surface area (Å²) >= 11 is 0. The summed E-state index contributed by atoms with van der Waals surface area (Å²) in [5.74, 6) is 0.0963. The Labute approximate surface area is 177 Å². The second kappa shape index (κ2) is 8.10. The van der Waals surface area contributed by atoms with Crippen LogP contribution in [0.2, 0.25) is 0 Å². The Kier molecular flexibility index (Phi) is 5.63. The first-order valence-corrected chi connectivity index (χ1v) is 10.4. The number of amides is 1. The number of nitrogens with zero attached hydrogens (tertiary/aromatic N) is 6. The van der Waals surface area contributed by atoms with Crippen LogP contribution in [0.15, 0.2) is 23.0 Å². The van der Waals surface area contributed by atoms with E-state index in [1.807, 2.05) is 24.8 Å². The monoisotopic (exact) mass is 438 g/mol. The number of aryl methyl sites for hydroxylation is 2. The molecule has 0 spiro atoms. The highest BCUT2D eigenvalue weighted by Crippen LogP contribution is 2.28. The Morgan fingerprint density at radius 3 is 2.35 bits per heavy atom. The molecule has 0 saturated carbocycles. The number of rotatable bonds is 4. The van der Waals surface area contributed by atoms with Gasteiger partial charge in [0, 0.05) is 31.4 Å². The maximum absolute atomic E-state index is 12.7. The lowest BCUT2D eigenvalue weighted by atomic mass is 10.0. The van der Waals surface area contributed by atoms with Crippen LogP contribution in [-0.4, -0.2) is 73.7 Å². The van der Waals surface area contributed by atoms with Crippen molar-refractivity contribution in [1.82, 2.24) is 29.4 Å². The number of likely N-dealkylation sites (tertiary alicyclic amines) is 2. The van der Waals surface area contributed by atoms with Crippen LogP contribution in [0.1, 0.15) is 36.7 Å². The van der Waals surface area contributed by atoms with Gasteiger partial charge in [0.2, 0.25) is 5.91 Å². The van der Waals surface area contributed by atoms with E-state index in [2.05, 4.69) is 10.2 Å². The Morgan fingerprint density at radius 1 is 1.03 bits per heavy atom. The van der Waals surface area contributed by atoms with Crippen molar-refractivity contribution in [2.75, 3.05) is 26.2 Å². The fraction of sp³-hybridized carbons (Fsp3) is 0.600. The van der Waals surface area contributed by atoms with Crippen molar-refractivity contribution in [2.45, 2.75) is 51.4 Å². The van der Waals surface area contributed by atoms with Crippen molar-refractivity contribution in [3.05, 3.63) is 39.9 Å². The molecule has 0 radical (unpaired) electrons. The van der Waals surface area contributed by atoms with E-state index in [0.717, 1.165) is 16.3 Å². The molecule has 0 aliphatic carbocycles. The Morgan fingerprint density at radius 2 is 1.74 bits per heavy atom. The van der Waals surface area contributed by atoms with Gasteiger partial charge in [0.25, 0.3) is 5.56 Å². The number of carbonyl (C=O) groups excluding carboxylic acids is 1. The third kappa shape index (κ3) is 4.51. The summed E-state index contributed by atoms with van der Waals surface area (Å²) in [5.41, 5.74) is 1.55. The quantitative estimate of drug-likeness (QED) is 0.728. The lowest BCUT2D eigenvalue weighted by Gasteiger charge is -2.35. The van der Waals surface area contributed by atoms with Crippen molar-refractivity contribution in [3.63, 3.8) is 0 Å². The van der Waals surface area contributed by atoms with Crippen LogP contribution in [0.3, 0.4) is 0 Å². The largest absolute Gasteiger partial charge is 0.406 e. The van der Waals surface area contributed by atoms with E-state index in [1.54, 1.807) is 10.7 Å². The van der Waals surface area contributed by atoms with Crippen LogP contribution in [0.5, 0.6) is 0 Å². The molecular weight excluding hydrogens is 413 g/mol. The Hall–Kier alpha value is -2.69. The number of piperidine rings is 1. The zero-order valence-electron chi connectivity index (χ0n) is 17.5. The van der Waals surface area contributed by atoms with Crippen molar-refractivity contribution in [3.8, 4) is 5.82 Å². The van der Waals surface area contributed by atoms with Crippen molar-refractivity contribution >= 4 is 5.91 Å². The molecule has 2 fully saturated rings. The maximum Gasteiger partial charge on any atom is 0.406 e. The lowest BCUT2D eigenvalue weighted by Crippen LogP contribution is -2.48. The molecule has 1 atom stereocenters. The highest BCUT2D eigenvalue weighted by atomic mass is 19.4. The third-order valence-corrected chi connectivity index (χ3v) is 5.96. The number of halogens is 3. The summed E-state index contributed by atoms with van der Waals surface area (Å²) in [6.07, 6.45) is -2.81. The smallest absolute Gasteiger partial charge is 0.332 e. The predicted octanol–water partition coefficient (Wildman–Crippen LogP) is 1.85. The van der Waals surface area contributed by atoms with Gasteiger partial charge < -0.3 is 4.90 Å². The summed E-state index contributed by atoms with van der Waals surface area (Å²) in [7, 11) is 0. The summed E-state index contributed by atoms with van der Waals surface area (Å²) < 4.78 is 41.1. The average molecular weight is 438 g/mol. The number of aromatic nitrogens is 4. The first-order chi connectivity index (χ1) is 14.6. The molecule has 11 heteroatoms. The Balaban J connectivity index is 1.44. The van der Waals surface area contributed by atoms with Gasteiger partial charge in [-0.2, -0.15) is 18.3 Å². The summed E-state index contributed by atoms with van der Waals surface area (Å²) in [5, 5.41) is 8.93. The van der Waals surface area contributed by atoms with Crippen LogP contribution >= 0.6 is 0 Å². The topological polar surface area (TPSA) is 76.3 Å². The average Bonchev–Trinajstić information content (AvgIpc) is 3.23. The van der Waals surface area contributed by atoms with Gasteiger partial charge in [-0.1, -0.05) is 0 Å². The second-order valence-electron chi connectivity index (χ2n) is 8.26. The maximum atomic E-state index is 12.7. The number of carbonyl (C=O) groups is 1. The van der Waals surface area contributed by atoms with Gasteiger partial charge in [-0.25, -0.2) is 9.36 Å². The summed E-state index contributed by atoms with van der Waals surface area (Å²) in [6, 6.07) is 4.38. The first-order valence-electron chi connectivity index (χ1n) is 10.4. The van der Waals surface area contributed by atoms with Gasteiger partial charge >= 0.3 is 6.18 Å². The zero-order chi connectivity index (χ0) is 22.3. The summed E-state index contributed by atoms with van der Waals surface area (Å²) in [6.45, 7) is 3.77. The molecule has 2 aliphatic rings. The number of hydrogen-bond donors (Lipinski definition) is 0. The van der Waals surface area contributed by atoms with E-state index in [-0.39, 0.29) is 18.1 Å². The minimum Gasteiger partial charge on any atom is -0.332 e. The Bertz CT molecular complexity index is 1020. The van der Waals surface area contributed by atoms with Crippen LogP contribution < -0.4 is 5.56 Å². The van der Waals surface area contributed by atoms with E-state index in [4.69, 9.17) is 0 Å². The molecule has 2 aromatic rings. The number of alkyl halides is 3. The van der Waals surface area contributed by atoms with Gasteiger partial charge in [-0.3, -0.25) is 14.5 Å². The van der Waals surface area contributed by atoms with Crippen molar-refractivity contribution in [1.29, 1.82) is 0 Å². The van der Waals surface area contributed by atoms with Crippen LogP contribution in [0.25, 0.3) is 5.82 Å². The fourth-order valence-corrected chi connectivity index (χ4v) is 4.53. The first kappa shape index (κ1) is 21.5. The van der Waals surface area contributed by atoms with Crippen LogP contribution in [0.4, 0.5) is 13.2 Å². The van der Waals surface area contributed by atoms with Crippen molar-refractivity contribution < 1.29 is 18.0 Å². The third-order valence-electron chi connectivity index (χ3n) is 5.96. The molecule has 0 aromatic carbocycles. The van der Waals surface area contributed by atoms with E-state index < -0.39 is 24.7 Å². The zero-order valence-corrected chi connectivity index (χ0v) is 17.5. The molecule has 0 bridgehead atoms. The minimum atomic E-state index is -4.39. The highest BCUT2D eigenvalue weighted by Gasteiger charge is 2.42. The van der Waals surface area contributed by atoms with Crippen molar-refractivity contribution in [2.24, 2.45) is 0 Å². The molecule has 4 heterocycles. The molecule has 2 aliphatic heterocycles. The van der Waals surface area contributed by atoms with Crippen LogP contribution in [-0.2, 0) is 4.79 Å².